The number of unbranched alkanes of at least 4 members (excludes halogenated alkanes) is 5. The van der Waals surface area contributed by atoms with Gasteiger partial charge in [0, 0.05) is 0 Å². The highest BCUT2D eigenvalue weighted by Gasteiger charge is 1.83. The van der Waals surface area contributed by atoms with Gasteiger partial charge in [-0.05, 0) is 6.42 Å². The number of hydrogen-bond acceptors (Lipinski definition) is 0. The van der Waals surface area contributed by atoms with Crippen LogP contribution in [0.3, 0.4) is 0 Å². The molecule has 0 rings (SSSR count). The molecule has 0 aliphatic carbocycles. The average Bonchev–Trinajstić information content (AvgIpc) is 1.81. The first kappa shape index (κ1) is 12.2. The fourth-order valence-electron chi connectivity index (χ4n) is 0.697. The second-order valence-electron chi connectivity index (χ2n) is 2.22. The lowest BCUT2D eigenvalue weighted by Gasteiger charge is -1.93. The van der Waals surface area contributed by atoms with Crippen LogP contribution < -0.4 is 0 Å². The van der Waals surface area contributed by atoms with Gasteiger partial charge in [-0.25, -0.2) is 0 Å². The standard InChI is InChI=1S/C8H17.BrH/c1-3-5-7-8-6-4-2;/h7H,3-6,8H2,1-2H3;1H. The average molecular weight is 194 g/mol. The molecule has 0 spiro atoms. The predicted molar refractivity (Wildman–Crippen MR) is 49.1 cm³/mol. The van der Waals surface area contributed by atoms with Gasteiger partial charge in [-0.3, -0.25) is 0 Å². The minimum absolute atomic E-state index is 0. The van der Waals surface area contributed by atoms with Crippen LogP contribution in [0, 0.1) is 6.42 Å². The highest BCUT2D eigenvalue weighted by Crippen LogP contribution is 2.01. The van der Waals surface area contributed by atoms with Gasteiger partial charge in [0.25, 0.3) is 0 Å². The highest BCUT2D eigenvalue weighted by atomic mass is 79.9. The summed E-state index contributed by atoms with van der Waals surface area (Å²) >= 11 is 0. The smallest absolute Gasteiger partial charge is 0.0386 e. The van der Waals surface area contributed by atoms with Gasteiger partial charge >= 0.3 is 0 Å². The van der Waals surface area contributed by atoms with Crippen LogP contribution in [0.5, 0.6) is 0 Å². The zero-order valence-electron chi connectivity index (χ0n) is 6.52. The molecule has 0 bridgehead atoms. The third-order valence-electron chi connectivity index (χ3n) is 1.25. The van der Waals surface area contributed by atoms with E-state index in [4.69, 9.17) is 0 Å². The Hall–Kier alpha value is 0.480. The fourth-order valence-corrected chi connectivity index (χ4v) is 0.697. The molecule has 0 heterocycles. The van der Waals surface area contributed by atoms with Crippen LogP contribution in [-0.4, -0.2) is 0 Å². The van der Waals surface area contributed by atoms with Gasteiger partial charge in [0.15, 0.2) is 0 Å². The molecule has 0 unspecified atom stereocenters. The Bertz CT molecular complexity index is 29.5. The van der Waals surface area contributed by atoms with Crippen LogP contribution >= 0.6 is 17.0 Å². The van der Waals surface area contributed by atoms with E-state index in [1.54, 1.807) is 0 Å². The minimum atomic E-state index is 0. The van der Waals surface area contributed by atoms with Crippen LogP contribution in [-0.2, 0) is 0 Å². The molecule has 1 radical (unpaired) electrons. The molecule has 0 nitrogen and oxygen atoms in total. The second-order valence-corrected chi connectivity index (χ2v) is 2.22. The van der Waals surface area contributed by atoms with Gasteiger partial charge < -0.3 is 0 Å². The fraction of sp³-hybridized carbons (Fsp3) is 0.875. The summed E-state index contributed by atoms with van der Waals surface area (Å²) in [4.78, 5) is 0. The van der Waals surface area contributed by atoms with Gasteiger partial charge in [0.1, 0.15) is 0 Å². The Morgan fingerprint density at radius 2 is 1.67 bits per heavy atom. The van der Waals surface area contributed by atoms with Crippen molar-refractivity contribution in [1.29, 1.82) is 0 Å². The molecule has 0 aromatic rings. The summed E-state index contributed by atoms with van der Waals surface area (Å²) < 4.78 is 0. The van der Waals surface area contributed by atoms with E-state index in [1.165, 1.54) is 32.1 Å². The first-order valence-corrected chi connectivity index (χ1v) is 3.73. The normalized spacial score (nSPS) is 8.67. The molecular weight excluding hydrogens is 176 g/mol. The number of hydrogen-bond donors (Lipinski definition) is 0. The molecule has 0 N–H and O–H groups in total. The Labute approximate surface area is 69.8 Å². The van der Waals surface area contributed by atoms with E-state index in [9.17, 15) is 0 Å². The molecule has 0 aromatic carbocycles. The van der Waals surface area contributed by atoms with Gasteiger partial charge in [-0.2, -0.15) is 0 Å². The van der Waals surface area contributed by atoms with Crippen LogP contribution in [0.4, 0.5) is 0 Å². The number of halogens is 1. The van der Waals surface area contributed by atoms with E-state index in [2.05, 4.69) is 20.3 Å². The summed E-state index contributed by atoms with van der Waals surface area (Å²) in [6.45, 7) is 4.46. The van der Waals surface area contributed by atoms with Crippen molar-refractivity contribution in [1.82, 2.24) is 0 Å². The van der Waals surface area contributed by atoms with Gasteiger partial charge in [-0.15, -0.1) is 17.0 Å². The van der Waals surface area contributed by atoms with Crippen molar-refractivity contribution in [3.8, 4) is 0 Å². The van der Waals surface area contributed by atoms with Crippen molar-refractivity contribution < 1.29 is 0 Å². The summed E-state index contributed by atoms with van der Waals surface area (Å²) in [6.07, 6.45) is 9.04. The summed E-state index contributed by atoms with van der Waals surface area (Å²) in [7, 11) is 0. The summed E-state index contributed by atoms with van der Waals surface area (Å²) in [6, 6.07) is 0. The monoisotopic (exact) mass is 193 g/mol. The van der Waals surface area contributed by atoms with E-state index in [-0.39, 0.29) is 17.0 Å². The Morgan fingerprint density at radius 3 is 2.11 bits per heavy atom. The Kier molecular flexibility index (Phi) is 15.3. The quantitative estimate of drug-likeness (QED) is 0.584. The molecule has 0 aromatic heterocycles. The third kappa shape index (κ3) is 11.9. The zero-order chi connectivity index (χ0) is 6.24. The van der Waals surface area contributed by atoms with Crippen molar-refractivity contribution in [3.05, 3.63) is 6.42 Å². The predicted octanol–water partition coefficient (Wildman–Crippen LogP) is 3.76. The molecular formula is C8H18Br. The van der Waals surface area contributed by atoms with Crippen LogP contribution in [0.25, 0.3) is 0 Å². The topological polar surface area (TPSA) is 0 Å². The first-order chi connectivity index (χ1) is 3.91. The SMILES string of the molecule is Br.CCC[CH]CCCC. The zero-order valence-corrected chi connectivity index (χ0v) is 8.23. The largest absolute Gasteiger partial charge is 0.114 e. The Morgan fingerprint density at radius 1 is 1.00 bits per heavy atom. The molecule has 9 heavy (non-hydrogen) atoms. The molecule has 0 saturated heterocycles. The van der Waals surface area contributed by atoms with Crippen LogP contribution in [0.1, 0.15) is 46.0 Å². The van der Waals surface area contributed by atoms with E-state index in [0.717, 1.165) is 0 Å². The minimum Gasteiger partial charge on any atom is -0.114 e. The lowest BCUT2D eigenvalue weighted by molar-refractivity contribution is 0.737. The van der Waals surface area contributed by atoms with Crippen molar-refractivity contribution in [2.24, 2.45) is 0 Å². The van der Waals surface area contributed by atoms with Gasteiger partial charge in [-0.1, -0.05) is 46.0 Å². The maximum atomic E-state index is 2.39. The first-order valence-electron chi connectivity index (χ1n) is 3.73. The van der Waals surface area contributed by atoms with E-state index >= 15 is 0 Å². The van der Waals surface area contributed by atoms with Crippen molar-refractivity contribution in [2.45, 2.75) is 46.0 Å². The molecule has 0 atom stereocenters. The molecule has 0 amide bonds. The maximum absolute atomic E-state index is 2.39. The molecule has 0 aliphatic rings. The highest BCUT2D eigenvalue weighted by molar-refractivity contribution is 8.93. The van der Waals surface area contributed by atoms with Crippen molar-refractivity contribution in [3.63, 3.8) is 0 Å². The summed E-state index contributed by atoms with van der Waals surface area (Å²) in [5.41, 5.74) is 0. The summed E-state index contributed by atoms with van der Waals surface area (Å²) in [5, 5.41) is 0. The van der Waals surface area contributed by atoms with Gasteiger partial charge in [0.05, 0.1) is 0 Å². The van der Waals surface area contributed by atoms with E-state index in [0.29, 0.717) is 0 Å². The van der Waals surface area contributed by atoms with Crippen molar-refractivity contribution >= 4 is 17.0 Å². The van der Waals surface area contributed by atoms with E-state index in [1.807, 2.05) is 0 Å². The molecule has 0 aliphatic heterocycles. The number of rotatable bonds is 5. The van der Waals surface area contributed by atoms with Crippen molar-refractivity contribution in [2.75, 3.05) is 0 Å². The molecule has 57 valence electrons. The lowest BCUT2D eigenvalue weighted by atomic mass is 10.1. The third-order valence-corrected chi connectivity index (χ3v) is 1.25. The maximum Gasteiger partial charge on any atom is -0.0386 e. The van der Waals surface area contributed by atoms with Gasteiger partial charge in [0.2, 0.25) is 0 Å². The van der Waals surface area contributed by atoms with Crippen LogP contribution in [0.15, 0.2) is 0 Å². The lowest BCUT2D eigenvalue weighted by Crippen LogP contribution is -1.75. The van der Waals surface area contributed by atoms with Crippen LogP contribution in [0.2, 0.25) is 0 Å². The second kappa shape index (κ2) is 11.3. The molecule has 0 saturated carbocycles. The van der Waals surface area contributed by atoms with E-state index < -0.39 is 0 Å². The molecule has 0 fully saturated rings. The summed E-state index contributed by atoms with van der Waals surface area (Å²) in [5.74, 6) is 0. The molecule has 1 heteroatoms. The Balaban J connectivity index is 0.